The molecule has 0 unspecified atom stereocenters. The monoisotopic (exact) mass is 368 g/mol. The number of nitrogens with one attached hydrogen (secondary N) is 1. The number of amides is 1. The van der Waals surface area contributed by atoms with Gasteiger partial charge < -0.3 is 10.1 Å². The summed E-state index contributed by atoms with van der Waals surface area (Å²) in [5.74, 6) is 0.607. The van der Waals surface area contributed by atoms with E-state index in [1.807, 2.05) is 54.8 Å². The molecule has 4 aromatic rings. The van der Waals surface area contributed by atoms with Crippen molar-refractivity contribution in [1.82, 2.24) is 10.3 Å². The third kappa shape index (κ3) is 3.36. The first-order valence-electron chi connectivity index (χ1n) is 7.91. The SMILES string of the molecule is Cc1nc2c(cc(OCC(=O)NCc3ccccc3)c3ccsc32)s1. The van der Waals surface area contributed by atoms with E-state index < -0.39 is 0 Å². The molecule has 2 aromatic heterocycles. The molecule has 0 saturated heterocycles. The Kier molecular flexibility index (Phi) is 4.38. The molecule has 25 heavy (non-hydrogen) atoms. The van der Waals surface area contributed by atoms with Crippen molar-refractivity contribution in [2.75, 3.05) is 6.61 Å². The number of carbonyl (C=O) groups is 1. The Morgan fingerprint density at radius 3 is 2.92 bits per heavy atom. The lowest BCUT2D eigenvalue weighted by Gasteiger charge is -2.09. The van der Waals surface area contributed by atoms with E-state index in [1.165, 1.54) is 0 Å². The van der Waals surface area contributed by atoms with Crippen LogP contribution < -0.4 is 10.1 Å². The van der Waals surface area contributed by atoms with Crippen LogP contribution in [0.4, 0.5) is 0 Å². The van der Waals surface area contributed by atoms with E-state index in [-0.39, 0.29) is 12.5 Å². The molecule has 0 aliphatic carbocycles. The van der Waals surface area contributed by atoms with Crippen molar-refractivity contribution in [1.29, 1.82) is 0 Å². The second-order valence-corrected chi connectivity index (χ2v) is 7.82. The quantitative estimate of drug-likeness (QED) is 0.564. The molecule has 4 nitrogen and oxygen atoms in total. The summed E-state index contributed by atoms with van der Waals surface area (Å²) in [6.07, 6.45) is 0. The predicted octanol–water partition coefficient (Wildman–Crippen LogP) is 4.51. The van der Waals surface area contributed by atoms with Gasteiger partial charge in [-0.1, -0.05) is 30.3 Å². The third-order valence-electron chi connectivity index (χ3n) is 3.86. The van der Waals surface area contributed by atoms with Crippen molar-refractivity contribution < 1.29 is 9.53 Å². The van der Waals surface area contributed by atoms with Crippen LogP contribution in [0.25, 0.3) is 20.3 Å². The number of nitrogens with zero attached hydrogens (tertiary/aromatic N) is 1. The maximum absolute atomic E-state index is 12.1. The maximum atomic E-state index is 12.1. The predicted molar refractivity (Wildman–Crippen MR) is 104 cm³/mol. The Hall–Kier alpha value is -2.44. The summed E-state index contributed by atoms with van der Waals surface area (Å²) in [4.78, 5) is 16.7. The van der Waals surface area contributed by atoms with Crippen LogP contribution in [0.2, 0.25) is 0 Å². The van der Waals surface area contributed by atoms with Crippen LogP contribution in [0, 0.1) is 6.92 Å². The van der Waals surface area contributed by atoms with E-state index in [0.29, 0.717) is 6.54 Å². The fraction of sp³-hybridized carbons (Fsp3) is 0.158. The topological polar surface area (TPSA) is 51.2 Å². The van der Waals surface area contributed by atoms with Crippen LogP contribution in [0.15, 0.2) is 47.8 Å². The first-order chi connectivity index (χ1) is 12.2. The van der Waals surface area contributed by atoms with Gasteiger partial charge in [0.05, 0.1) is 19.9 Å². The van der Waals surface area contributed by atoms with Crippen molar-refractivity contribution >= 4 is 48.9 Å². The molecule has 4 rings (SSSR count). The molecule has 126 valence electrons. The first-order valence-corrected chi connectivity index (χ1v) is 9.61. The number of hydrogen-bond acceptors (Lipinski definition) is 5. The standard InChI is InChI=1S/C19H16N2O2S2/c1-12-21-18-16(25-12)9-15(14-7-8-24-19(14)18)23-11-17(22)20-10-13-5-3-2-4-6-13/h2-9H,10-11H2,1H3,(H,20,22). The number of aryl methyl sites for hydroxylation is 1. The molecule has 2 heterocycles. The Bertz CT molecular complexity index is 1040. The Morgan fingerprint density at radius 2 is 2.08 bits per heavy atom. The normalized spacial score (nSPS) is 11.1. The first kappa shape index (κ1) is 16.1. The zero-order chi connectivity index (χ0) is 17.2. The van der Waals surface area contributed by atoms with Crippen molar-refractivity contribution in [3.63, 3.8) is 0 Å². The average Bonchev–Trinajstić information content (AvgIpc) is 3.24. The van der Waals surface area contributed by atoms with E-state index >= 15 is 0 Å². The van der Waals surface area contributed by atoms with Crippen LogP contribution in [0.3, 0.4) is 0 Å². The van der Waals surface area contributed by atoms with E-state index in [0.717, 1.165) is 36.6 Å². The van der Waals surface area contributed by atoms with Crippen molar-refractivity contribution in [3.8, 4) is 5.75 Å². The summed E-state index contributed by atoms with van der Waals surface area (Å²) in [6, 6.07) is 13.8. The van der Waals surface area contributed by atoms with Gasteiger partial charge in [0.25, 0.3) is 5.91 Å². The largest absolute Gasteiger partial charge is 0.483 e. The minimum atomic E-state index is -0.132. The number of carbonyl (C=O) groups excluding carboxylic acids is 1. The second-order valence-electron chi connectivity index (χ2n) is 5.67. The third-order valence-corrected chi connectivity index (χ3v) is 5.70. The highest BCUT2D eigenvalue weighted by molar-refractivity contribution is 7.21. The molecule has 6 heteroatoms. The number of thiophene rings is 1. The van der Waals surface area contributed by atoms with Gasteiger partial charge in [-0.15, -0.1) is 22.7 Å². The molecule has 0 spiro atoms. The zero-order valence-electron chi connectivity index (χ0n) is 13.6. The fourth-order valence-electron chi connectivity index (χ4n) is 2.70. The lowest BCUT2D eigenvalue weighted by molar-refractivity contribution is -0.123. The van der Waals surface area contributed by atoms with Gasteiger partial charge in [0, 0.05) is 18.0 Å². The number of ether oxygens (including phenoxy) is 1. The minimum Gasteiger partial charge on any atom is -0.483 e. The molecular weight excluding hydrogens is 352 g/mol. The number of hydrogen-bond donors (Lipinski definition) is 1. The van der Waals surface area contributed by atoms with Gasteiger partial charge in [0.15, 0.2) is 6.61 Å². The Labute approximate surface area is 153 Å². The lowest BCUT2D eigenvalue weighted by atomic mass is 10.2. The molecule has 0 fully saturated rings. The van der Waals surface area contributed by atoms with Crippen molar-refractivity contribution in [2.45, 2.75) is 13.5 Å². The molecule has 1 amide bonds. The molecule has 0 bridgehead atoms. The zero-order valence-corrected chi connectivity index (χ0v) is 15.2. The van der Waals surface area contributed by atoms with Crippen LogP contribution in [-0.2, 0) is 11.3 Å². The number of benzene rings is 2. The number of aromatic nitrogens is 1. The average molecular weight is 368 g/mol. The summed E-state index contributed by atoms with van der Waals surface area (Å²) < 4.78 is 8.02. The summed E-state index contributed by atoms with van der Waals surface area (Å²) in [6.45, 7) is 2.51. The number of rotatable bonds is 5. The molecule has 0 aliphatic rings. The van der Waals surface area contributed by atoms with Crippen LogP contribution >= 0.6 is 22.7 Å². The maximum Gasteiger partial charge on any atom is 0.258 e. The summed E-state index contributed by atoms with van der Waals surface area (Å²) in [7, 11) is 0. The van der Waals surface area contributed by atoms with Gasteiger partial charge in [-0.3, -0.25) is 4.79 Å². The van der Waals surface area contributed by atoms with Gasteiger partial charge in [0.1, 0.15) is 5.75 Å². The molecule has 0 aliphatic heterocycles. The Balaban J connectivity index is 1.48. The molecular formula is C19H16N2O2S2. The van der Waals surface area contributed by atoms with E-state index in [4.69, 9.17) is 4.74 Å². The Morgan fingerprint density at radius 1 is 1.24 bits per heavy atom. The number of thiazole rings is 1. The van der Waals surface area contributed by atoms with Gasteiger partial charge in [-0.2, -0.15) is 0 Å². The molecule has 0 radical (unpaired) electrons. The van der Waals surface area contributed by atoms with Gasteiger partial charge in [0.2, 0.25) is 0 Å². The van der Waals surface area contributed by atoms with E-state index in [1.54, 1.807) is 22.7 Å². The van der Waals surface area contributed by atoms with E-state index in [9.17, 15) is 4.79 Å². The molecule has 1 N–H and O–H groups in total. The van der Waals surface area contributed by atoms with Gasteiger partial charge in [-0.25, -0.2) is 4.98 Å². The summed E-state index contributed by atoms with van der Waals surface area (Å²) >= 11 is 3.29. The van der Waals surface area contributed by atoms with Crippen molar-refractivity contribution in [2.24, 2.45) is 0 Å². The molecule has 0 atom stereocenters. The molecule has 0 saturated carbocycles. The fourth-order valence-corrected chi connectivity index (χ4v) is 4.53. The van der Waals surface area contributed by atoms with Crippen LogP contribution in [0.1, 0.15) is 10.6 Å². The minimum absolute atomic E-state index is 0.00106. The van der Waals surface area contributed by atoms with E-state index in [2.05, 4.69) is 10.3 Å². The highest BCUT2D eigenvalue weighted by atomic mass is 32.1. The van der Waals surface area contributed by atoms with Gasteiger partial charge >= 0.3 is 0 Å². The lowest BCUT2D eigenvalue weighted by Crippen LogP contribution is -2.28. The van der Waals surface area contributed by atoms with Crippen LogP contribution in [0.5, 0.6) is 5.75 Å². The highest BCUT2D eigenvalue weighted by Gasteiger charge is 2.13. The van der Waals surface area contributed by atoms with Crippen molar-refractivity contribution in [3.05, 3.63) is 58.4 Å². The molecule has 2 aromatic carbocycles. The summed E-state index contributed by atoms with van der Waals surface area (Å²) in [5, 5.41) is 6.95. The van der Waals surface area contributed by atoms with Crippen LogP contribution in [-0.4, -0.2) is 17.5 Å². The number of fused-ring (bicyclic) bond motifs is 3. The summed E-state index contributed by atoms with van der Waals surface area (Å²) in [5.41, 5.74) is 2.09. The second kappa shape index (κ2) is 6.82. The van der Waals surface area contributed by atoms with Gasteiger partial charge in [-0.05, 0) is 23.9 Å². The smallest absolute Gasteiger partial charge is 0.258 e. The highest BCUT2D eigenvalue weighted by Crippen LogP contribution is 2.38.